The number of rotatable bonds is 16. The lowest BCUT2D eigenvalue weighted by Gasteiger charge is -2.22. The Morgan fingerprint density at radius 2 is 0.354 bits per heavy atom. The first kappa shape index (κ1) is 89.0. The van der Waals surface area contributed by atoms with Crippen molar-refractivity contribution < 1.29 is 0 Å². The van der Waals surface area contributed by atoms with Crippen molar-refractivity contribution >= 4 is 183 Å². The number of nitrogens with zero attached hydrogens (tertiary/aromatic N) is 8. The van der Waals surface area contributed by atoms with Gasteiger partial charge in [-0.05, 0) is 270 Å². The Bertz CT molecular complexity index is 8740. The van der Waals surface area contributed by atoms with Gasteiger partial charge in [0, 0.05) is 113 Å². The van der Waals surface area contributed by atoms with E-state index in [2.05, 4.69) is 485 Å². The third-order valence-corrected chi connectivity index (χ3v) is 37.9. The van der Waals surface area contributed by atoms with Crippen LogP contribution in [0.1, 0.15) is 0 Å². The lowest BCUT2D eigenvalue weighted by molar-refractivity contribution is 1.18. The average Bonchev–Trinajstić information content (AvgIpc) is 1.54. The number of pyridine rings is 4. The first-order valence-electron chi connectivity index (χ1n) is 50.3. The van der Waals surface area contributed by atoms with Gasteiger partial charge in [0.2, 0.25) is 0 Å². The van der Waals surface area contributed by atoms with Crippen LogP contribution >= 0.6 is 0 Å². The zero-order valence-corrected chi connectivity index (χ0v) is 87.1. The zero-order chi connectivity index (χ0) is 97.8. The number of aromatic nitrogens is 8. The second-order valence-corrected chi connectivity index (χ2v) is 63.3. The summed E-state index contributed by atoms with van der Waals surface area (Å²) in [4.78, 5) is 19.7. The lowest BCUT2D eigenvalue weighted by Crippen LogP contribution is -2.37. The Morgan fingerprint density at radius 1 is 0.146 bits per heavy atom. The second-order valence-electron chi connectivity index (χ2n) is 42.9. The van der Waals surface area contributed by atoms with Crippen LogP contribution in [0.2, 0.25) is 78.6 Å². The molecule has 144 heavy (non-hydrogen) atoms. The average molecular weight is 1920 g/mol. The predicted molar refractivity (Wildman–Crippen MR) is 627 cm³/mol. The third-order valence-electron chi connectivity index (χ3n) is 29.8. The summed E-state index contributed by atoms with van der Waals surface area (Å²) in [6.07, 6.45) is 7.48. The molecule has 8 heterocycles. The Kier molecular flexibility index (Phi) is 21.5. The van der Waals surface area contributed by atoms with Gasteiger partial charge in [-0.25, -0.2) is 0 Å². The highest BCUT2D eigenvalue weighted by Crippen LogP contribution is 2.52. The first-order chi connectivity index (χ1) is 69.9. The standard InChI is InChI=1S/C70H44N6.C62H64N2Si4/c1-5-25-65-53(17-1)54-18-2-6-26-66(54)75(65)51-29-31-57-59(43-51)69(49-39-45(61-21-9-13-33-71-61)37-46(40-49)62-22-10-14-34-72-62)58-32-30-52(76-67-27-7-3-19-55(67)56-20-4-8-28-68(56)76)44-60(58)70(57)50-41-47(63-23-11-15-35-73-63)38-48(42-50)64-24-12-16-36-74-64;1-65(2,3)45-25-31-57-51(37-45)52-38-46(66(4,5)6)26-32-58(52)63(57)43-23-29-49-55(35-43)61(41-19-15-13-16-20-41)50-30-24-44(36-56(50)62(49)42-21-17-14-18-22-42)64-59-33-27-47(67(7,8)9)39-53(59)54-40-48(68(10,11)12)28-34-60(54)64/h1-44H;13-40H,1-12H3. The van der Waals surface area contributed by atoms with Gasteiger partial charge >= 0.3 is 0 Å². The van der Waals surface area contributed by atoms with Gasteiger partial charge in [-0.15, -0.1) is 0 Å². The largest absolute Gasteiger partial charge is 0.309 e. The molecule has 0 radical (unpaired) electrons. The summed E-state index contributed by atoms with van der Waals surface area (Å²) in [7, 11) is -6.29. The molecule has 0 fully saturated rings. The molecule has 0 aliphatic heterocycles. The maximum Gasteiger partial charge on any atom is 0.0776 e. The van der Waals surface area contributed by atoms with Crippen molar-refractivity contribution in [2.24, 2.45) is 0 Å². The maximum absolute atomic E-state index is 4.92. The summed E-state index contributed by atoms with van der Waals surface area (Å²) in [5.74, 6) is 0. The van der Waals surface area contributed by atoms with Crippen molar-refractivity contribution in [1.29, 1.82) is 0 Å². The predicted octanol–water partition coefficient (Wildman–Crippen LogP) is 33.5. The van der Waals surface area contributed by atoms with Crippen LogP contribution in [0.25, 0.3) is 243 Å². The smallest absolute Gasteiger partial charge is 0.0776 e. The molecule has 8 aromatic heterocycles. The fourth-order valence-corrected chi connectivity index (χ4v) is 27.2. The van der Waals surface area contributed by atoms with Gasteiger partial charge in [-0.1, -0.05) is 330 Å². The molecular formula is C132H108N8Si4. The van der Waals surface area contributed by atoms with E-state index >= 15 is 0 Å². The van der Waals surface area contributed by atoms with Crippen LogP contribution in [-0.2, 0) is 0 Å². The molecular weight excluding hydrogens is 1810 g/mol. The molecule has 0 saturated carbocycles. The molecule has 0 spiro atoms. The molecule has 8 nitrogen and oxygen atoms in total. The molecule has 0 amide bonds. The van der Waals surface area contributed by atoms with Crippen LogP contribution in [0.4, 0.5) is 0 Å². The van der Waals surface area contributed by atoms with Crippen molar-refractivity contribution in [3.05, 3.63) is 437 Å². The molecule has 0 saturated heterocycles. The molecule has 0 bridgehead atoms. The van der Waals surface area contributed by atoms with Gasteiger partial charge < -0.3 is 18.3 Å². The summed E-state index contributed by atoms with van der Waals surface area (Å²) in [5, 5.41) is 25.8. The fourth-order valence-electron chi connectivity index (χ4n) is 22.6. The Labute approximate surface area is 843 Å². The lowest BCUT2D eigenvalue weighted by atomic mass is 9.83. The van der Waals surface area contributed by atoms with Crippen molar-refractivity contribution in [3.63, 3.8) is 0 Å². The minimum absolute atomic E-state index is 0.889. The summed E-state index contributed by atoms with van der Waals surface area (Å²) in [5.41, 5.74) is 31.1. The van der Waals surface area contributed by atoms with Gasteiger partial charge in [0.25, 0.3) is 0 Å². The van der Waals surface area contributed by atoms with E-state index in [1.54, 1.807) is 0 Å². The van der Waals surface area contributed by atoms with Gasteiger partial charge in [0.05, 0.1) is 99.2 Å². The molecule has 0 unspecified atom stereocenters. The molecule has 0 aliphatic carbocycles. The van der Waals surface area contributed by atoms with E-state index in [0.717, 1.165) is 122 Å². The highest BCUT2D eigenvalue weighted by molar-refractivity contribution is 6.90. The van der Waals surface area contributed by atoms with E-state index in [4.69, 9.17) is 19.9 Å². The SMILES string of the molecule is C[Si](C)(C)c1ccc2c(c1)c1cc([Si](C)(C)C)ccc1n2-c1ccc2c(-c3ccccc3)c3cc(-n4c5ccc([Si](C)(C)C)cc5c5cc([Si](C)(C)C)ccc54)ccc3c(-c3ccccc3)c2c1.c1ccc(-c2cc(-c3ccccn3)cc(-c3c4ccc(-n5c6ccccc6c6ccccc65)cc4c(-c4cc(-c5ccccn5)cc(-c5ccccn5)c4)c4ccc(-n5c6ccccc6c6ccccc65)cc34)c2)nc1. The molecule has 18 aromatic carbocycles. The summed E-state index contributed by atoms with van der Waals surface area (Å²) in [6, 6.07) is 154. The van der Waals surface area contributed by atoms with Crippen molar-refractivity contribution in [2.75, 3.05) is 0 Å². The normalized spacial score (nSPS) is 12.3. The van der Waals surface area contributed by atoms with Crippen LogP contribution < -0.4 is 20.7 Å². The minimum Gasteiger partial charge on any atom is -0.309 e. The molecule has 0 atom stereocenters. The number of benzene rings is 18. The molecule has 26 rings (SSSR count). The zero-order valence-electron chi connectivity index (χ0n) is 83.1. The molecule has 12 heteroatoms. The summed E-state index contributed by atoms with van der Waals surface area (Å²) in [6.45, 7) is 29.5. The third kappa shape index (κ3) is 15.4. The molecule has 692 valence electrons. The Hall–Kier alpha value is -16.3. The quantitative estimate of drug-likeness (QED) is 0.0714. The number of hydrogen-bond donors (Lipinski definition) is 0. The fraction of sp³-hybridized carbons (Fsp3) is 0.0909. The van der Waals surface area contributed by atoms with Crippen LogP contribution in [-0.4, -0.2) is 70.5 Å². The monoisotopic (exact) mass is 1920 g/mol. The number of fused-ring (bicyclic) bond motifs is 16. The summed E-state index contributed by atoms with van der Waals surface area (Å²) >= 11 is 0. The van der Waals surface area contributed by atoms with E-state index in [-0.39, 0.29) is 0 Å². The van der Waals surface area contributed by atoms with Gasteiger partial charge in [-0.2, -0.15) is 0 Å². The Morgan fingerprint density at radius 3 is 0.583 bits per heavy atom. The molecule has 0 aliphatic rings. The minimum atomic E-state index is -1.57. The van der Waals surface area contributed by atoms with Crippen LogP contribution in [0.15, 0.2) is 437 Å². The van der Waals surface area contributed by atoms with E-state index in [0.29, 0.717) is 0 Å². The Balaban J connectivity index is 0.000000152. The van der Waals surface area contributed by atoms with E-state index in [1.807, 2.05) is 49.1 Å². The number of para-hydroxylation sites is 4. The van der Waals surface area contributed by atoms with Crippen molar-refractivity contribution in [3.8, 4) is 112 Å². The highest BCUT2D eigenvalue weighted by Gasteiger charge is 2.31. The van der Waals surface area contributed by atoms with E-state index in [9.17, 15) is 0 Å². The first-order valence-corrected chi connectivity index (χ1v) is 64.3. The van der Waals surface area contributed by atoms with E-state index < -0.39 is 32.3 Å². The van der Waals surface area contributed by atoms with Crippen LogP contribution in [0.5, 0.6) is 0 Å². The topological polar surface area (TPSA) is 71.3 Å². The van der Waals surface area contributed by atoms with Crippen LogP contribution in [0, 0.1) is 0 Å². The van der Waals surface area contributed by atoms with Crippen LogP contribution in [0.3, 0.4) is 0 Å². The number of hydrogen-bond acceptors (Lipinski definition) is 4. The maximum atomic E-state index is 4.92. The summed E-state index contributed by atoms with van der Waals surface area (Å²) < 4.78 is 9.93. The van der Waals surface area contributed by atoms with Gasteiger partial charge in [-0.3, -0.25) is 19.9 Å². The highest BCUT2D eigenvalue weighted by atomic mass is 28.3. The van der Waals surface area contributed by atoms with Crippen molar-refractivity contribution in [1.82, 2.24) is 38.2 Å². The van der Waals surface area contributed by atoms with Crippen molar-refractivity contribution in [2.45, 2.75) is 78.6 Å². The van der Waals surface area contributed by atoms with Gasteiger partial charge in [0.15, 0.2) is 0 Å². The molecule has 26 aromatic rings. The second kappa shape index (κ2) is 34.8. The van der Waals surface area contributed by atoms with Gasteiger partial charge in [0.1, 0.15) is 0 Å². The molecule has 0 N–H and O–H groups in total. The van der Waals surface area contributed by atoms with E-state index in [1.165, 1.54) is 141 Å².